The van der Waals surface area contributed by atoms with E-state index in [4.69, 9.17) is 9.47 Å². The molecule has 1 atom stereocenters. The minimum absolute atomic E-state index is 0.0563. The van der Waals surface area contributed by atoms with Crippen molar-refractivity contribution >= 4 is 23.3 Å². The molecule has 0 bridgehead atoms. The molecule has 0 fully saturated rings. The molecule has 6 heteroatoms. The van der Waals surface area contributed by atoms with Crippen molar-refractivity contribution in [1.82, 2.24) is 0 Å². The summed E-state index contributed by atoms with van der Waals surface area (Å²) in [5, 5.41) is 2.75. The molecule has 140 valence electrons. The van der Waals surface area contributed by atoms with Crippen LogP contribution in [-0.4, -0.2) is 30.9 Å². The summed E-state index contributed by atoms with van der Waals surface area (Å²) in [5.41, 5.74) is 3.04. The molecule has 3 rings (SSSR count). The Morgan fingerprint density at radius 1 is 1.11 bits per heavy atom. The van der Waals surface area contributed by atoms with Gasteiger partial charge < -0.3 is 14.8 Å². The molecule has 27 heavy (non-hydrogen) atoms. The molecule has 0 saturated carbocycles. The fraction of sp³-hybridized carbons (Fsp3) is 0.286. The molecule has 0 aliphatic carbocycles. The minimum Gasteiger partial charge on any atom is -0.493 e. The van der Waals surface area contributed by atoms with E-state index < -0.39 is 5.97 Å². The van der Waals surface area contributed by atoms with Crippen LogP contribution < -0.4 is 10.1 Å². The molecule has 1 heterocycles. The van der Waals surface area contributed by atoms with Crippen LogP contribution in [0.15, 0.2) is 42.5 Å². The van der Waals surface area contributed by atoms with Gasteiger partial charge in [-0.2, -0.15) is 0 Å². The Morgan fingerprint density at radius 3 is 2.59 bits per heavy atom. The van der Waals surface area contributed by atoms with Gasteiger partial charge in [-0.15, -0.1) is 0 Å². The first-order valence-electron chi connectivity index (χ1n) is 8.77. The summed E-state index contributed by atoms with van der Waals surface area (Å²) in [6.45, 7) is 3.61. The second kappa shape index (κ2) is 8.03. The van der Waals surface area contributed by atoms with Crippen LogP contribution in [0.1, 0.15) is 40.7 Å². The van der Waals surface area contributed by atoms with Gasteiger partial charge in [0.2, 0.25) is 5.91 Å². The second-order valence-electron chi connectivity index (χ2n) is 6.51. The number of ketones is 1. The molecule has 1 aliphatic heterocycles. The van der Waals surface area contributed by atoms with E-state index >= 15 is 0 Å². The number of anilines is 1. The van der Waals surface area contributed by atoms with Gasteiger partial charge in [0.15, 0.2) is 12.4 Å². The van der Waals surface area contributed by atoms with Crippen LogP contribution in [0.25, 0.3) is 0 Å². The van der Waals surface area contributed by atoms with E-state index in [0.717, 1.165) is 11.1 Å². The van der Waals surface area contributed by atoms with Crippen molar-refractivity contribution in [2.45, 2.75) is 26.2 Å². The maximum absolute atomic E-state index is 12.3. The normalized spacial score (nSPS) is 15.0. The van der Waals surface area contributed by atoms with E-state index in [-0.39, 0.29) is 37.2 Å². The van der Waals surface area contributed by atoms with E-state index in [1.165, 1.54) is 0 Å². The molecule has 1 aliphatic rings. The predicted molar refractivity (Wildman–Crippen MR) is 100 cm³/mol. The molecule has 0 spiro atoms. The molecule has 0 radical (unpaired) electrons. The average molecular weight is 367 g/mol. The van der Waals surface area contributed by atoms with Crippen molar-refractivity contribution in [3.63, 3.8) is 0 Å². The highest BCUT2D eigenvalue weighted by Crippen LogP contribution is 2.32. The summed E-state index contributed by atoms with van der Waals surface area (Å²) in [4.78, 5) is 35.7. The van der Waals surface area contributed by atoms with E-state index in [2.05, 4.69) is 5.32 Å². The predicted octanol–water partition coefficient (Wildman–Crippen LogP) is 3.25. The Hall–Kier alpha value is -3.15. The molecule has 1 amide bonds. The zero-order chi connectivity index (χ0) is 19.4. The van der Waals surface area contributed by atoms with Crippen LogP contribution in [0.2, 0.25) is 0 Å². The largest absolute Gasteiger partial charge is 0.493 e. The lowest BCUT2D eigenvalue weighted by molar-refractivity contribution is -0.143. The van der Waals surface area contributed by atoms with Gasteiger partial charge in [0.05, 0.1) is 18.9 Å². The van der Waals surface area contributed by atoms with Gasteiger partial charge >= 0.3 is 5.97 Å². The van der Waals surface area contributed by atoms with Crippen LogP contribution in [0.5, 0.6) is 5.75 Å². The van der Waals surface area contributed by atoms with Gasteiger partial charge in [-0.1, -0.05) is 17.7 Å². The maximum atomic E-state index is 12.3. The number of carbonyl (C=O) groups is 3. The number of Topliss-reactive ketones (excluding diaryl/α,β-unsaturated/α-hetero) is 1. The van der Waals surface area contributed by atoms with Gasteiger partial charge in [-0.05, 0) is 49.7 Å². The number of carbonyl (C=O) groups excluding carboxylic acids is 3. The standard InChI is InChI=1S/C21H21NO5/c1-13-3-6-16(7-4-13)26-10-9-20(24)27-12-19(23)15-5-8-18-17(11-15)14(2)21(25)22-18/h3-8,11,14H,9-10,12H2,1-2H3,(H,22,25)/t14-/m1/s1. The molecule has 2 aromatic rings. The SMILES string of the molecule is Cc1ccc(OCCC(=O)OCC(=O)c2ccc3c(c2)[C@@H](C)C(=O)N3)cc1. The third-order valence-corrected chi connectivity index (χ3v) is 4.45. The number of hydrogen-bond donors (Lipinski definition) is 1. The molecule has 0 saturated heterocycles. The smallest absolute Gasteiger partial charge is 0.309 e. The lowest BCUT2D eigenvalue weighted by atomic mass is 9.99. The van der Waals surface area contributed by atoms with Gasteiger partial charge in [0.1, 0.15) is 5.75 Å². The Kier molecular flexibility index (Phi) is 5.54. The number of benzene rings is 2. The van der Waals surface area contributed by atoms with Gasteiger partial charge in [0.25, 0.3) is 0 Å². The van der Waals surface area contributed by atoms with E-state index in [1.807, 2.05) is 31.2 Å². The topological polar surface area (TPSA) is 81.7 Å². The van der Waals surface area contributed by atoms with Crippen molar-refractivity contribution in [2.75, 3.05) is 18.5 Å². The lowest BCUT2D eigenvalue weighted by Crippen LogP contribution is -2.16. The van der Waals surface area contributed by atoms with E-state index in [9.17, 15) is 14.4 Å². The highest BCUT2D eigenvalue weighted by atomic mass is 16.5. The van der Waals surface area contributed by atoms with Crippen LogP contribution >= 0.6 is 0 Å². The fourth-order valence-electron chi connectivity index (χ4n) is 2.78. The Bertz CT molecular complexity index is 873. The van der Waals surface area contributed by atoms with E-state index in [0.29, 0.717) is 17.0 Å². The summed E-state index contributed by atoms with van der Waals surface area (Å²) >= 11 is 0. The van der Waals surface area contributed by atoms with Crippen LogP contribution in [-0.2, 0) is 14.3 Å². The second-order valence-corrected chi connectivity index (χ2v) is 6.51. The molecule has 6 nitrogen and oxygen atoms in total. The first kappa shape index (κ1) is 18.6. The zero-order valence-electron chi connectivity index (χ0n) is 15.3. The quantitative estimate of drug-likeness (QED) is 0.600. The number of esters is 1. The third kappa shape index (κ3) is 4.53. The van der Waals surface area contributed by atoms with Crippen LogP contribution in [0, 0.1) is 6.92 Å². The molecule has 2 aromatic carbocycles. The Labute approximate surface area is 157 Å². The van der Waals surface area contributed by atoms with Crippen molar-refractivity contribution in [2.24, 2.45) is 0 Å². The third-order valence-electron chi connectivity index (χ3n) is 4.45. The fourth-order valence-corrected chi connectivity index (χ4v) is 2.78. The number of ether oxygens (including phenoxy) is 2. The maximum Gasteiger partial charge on any atom is 0.309 e. The molecule has 0 aromatic heterocycles. The summed E-state index contributed by atoms with van der Waals surface area (Å²) in [5.74, 6) is -0.511. The van der Waals surface area contributed by atoms with Crippen molar-refractivity contribution in [3.8, 4) is 5.75 Å². The highest BCUT2D eigenvalue weighted by Gasteiger charge is 2.27. The van der Waals surface area contributed by atoms with Gasteiger partial charge in [-0.25, -0.2) is 0 Å². The summed E-state index contributed by atoms with van der Waals surface area (Å²) in [6, 6.07) is 12.5. The summed E-state index contributed by atoms with van der Waals surface area (Å²) in [6.07, 6.45) is 0.0563. The number of rotatable bonds is 7. The monoisotopic (exact) mass is 367 g/mol. The van der Waals surface area contributed by atoms with Gasteiger partial charge in [-0.3, -0.25) is 14.4 Å². The molecular weight excluding hydrogens is 346 g/mol. The highest BCUT2D eigenvalue weighted by molar-refractivity contribution is 6.05. The number of hydrogen-bond acceptors (Lipinski definition) is 5. The van der Waals surface area contributed by atoms with Crippen LogP contribution in [0.3, 0.4) is 0 Å². The number of nitrogens with one attached hydrogen (secondary N) is 1. The summed E-state index contributed by atoms with van der Waals surface area (Å²) in [7, 11) is 0. The Morgan fingerprint density at radius 2 is 1.85 bits per heavy atom. The van der Waals surface area contributed by atoms with E-state index in [1.54, 1.807) is 25.1 Å². The Balaban J connectivity index is 1.45. The number of aryl methyl sites for hydroxylation is 1. The van der Waals surface area contributed by atoms with Gasteiger partial charge in [0, 0.05) is 11.3 Å². The first-order valence-corrected chi connectivity index (χ1v) is 8.77. The van der Waals surface area contributed by atoms with Crippen molar-refractivity contribution in [1.29, 1.82) is 0 Å². The zero-order valence-corrected chi connectivity index (χ0v) is 15.3. The summed E-state index contributed by atoms with van der Waals surface area (Å²) < 4.78 is 10.5. The first-order chi connectivity index (χ1) is 12.9. The molecule has 1 N–H and O–H groups in total. The molecular formula is C21H21NO5. The van der Waals surface area contributed by atoms with Crippen LogP contribution in [0.4, 0.5) is 5.69 Å². The molecule has 0 unspecified atom stereocenters. The average Bonchev–Trinajstić information content (AvgIpc) is 2.95. The lowest BCUT2D eigenvalue weighted by Gasteiger charge is -2.08. The van der Waals surface area contributed by atoms with Crippen molar-refractivity contribution < 1.29 is 23.9 Å². The van der Waals surface area contributed by atoms with Crippen molar-refractivity contribution in [3.05, 3.63) is 59.2 Å². The number of amides is 1. The number of fused-ring (bicyclic) bond motifs is 1. The minimum atomic E-state index is -0.498.